The van der Waals surface area contributed by atoms with Crippen molar-refractivity contribution in [3.8, 4) is 0 Å². The molecule has 0 fully saturated rings. The first kappa shape index (κ1) is 15.7. The number of aromatic nitrogens is 1. The molecule has 0 radical (unpaired) electrons. The van der Waals surface area contributed by atoms with Gasteiger partial charge in [0.05, 0.1) is 0 Å². The van der Waals surface area contributed by atoms with Crippen LogP contribution in [0.5, 0.6) is 0 Å². The number of hydrogen-bond acceptors (Lipinski definition) is 4. The van der Waals surface area contributed by atoms with E-state index in [4.69, 9.17) is 0 Å². The van der Waals surface area contributed by atoms with Crippen molar-refractivity contribution in [1.82, 2.24) is 10.3 Å². The molecule has 0 bridgehead atoms. The van der Waals surface area contributed by atoms with Crippen molar-refractivity contribution in [2.75, 3.05) is 11.9 Å². The molecule has 0 saturated carbocycles. The Kier molecular flexibility index (Phi) is 4.71. The average Bonchev–Trinajstić information content (AvgIpc) is 3.00. The lowest BCUT2D eigenvalue weighted by Crippen LogP contribution is -2.30. The summed E-state index contributed by atoms with van der Waals surface area (Å²) in [5, 5.41) is 7.67. The van der Waals surface area contributed by atoms with Gasteiger partial charge in [-0.15, -0.1) is 11.3 Å². The molecule has 2 aromatic rings. The third-order valence-electron chi connectivity index (χ3n) is 4.02. The van der Waals surface area contributed by atoms with Crippen LogP contribution < -0.4 is 10.6 Å². The SMILES string of the molecule is CC(=O)Nc1nc(C(=O)NCC2CCCc3ccccc32)cs1. The molecule has 0 spiro atoms. The molecule has 6 heteroatoms. The summed E-state index contributed by atoms with van der Waals surface area (Å²) in [6, 6.07) is 8.45. The van der Waals surface area contributed by atoms with Crippen LogP contribution in [0.1, 0.15) is 47.3 Å². The van der Waals surface area contributed by atoms with Crippen LogP contribution in [0.25, 0.3) is 0 Å². The first-order valence-corrected chi connectivity index (χ1v) is 8.60. The molecule has 1 aliphatic rings. The van der Waals surface area contributed by atoms with E-state index in [9.17, 15) is 9.59 Å². The van der Waals surface area contributed by atoms with E-state index in [0.29, 0.717) is 23.3 Å². The quantitative estimate of drug-likeness (QED) is 0.906. The van der Waals surface area contributed by atoms with Crippen LogP contribution in [0.3, 0.4) is 0 Å². The van der Waals surface area contributed by atoms with Gasteiger partial charge >= 0.3 is 0 Å². The summed E-state index contributed by atoms with van der Waals surface area (Å²) in [4.78, 5) is 27.3. The zero-order valence-corrected chi connectivity index (χ0v) is 13.8. The van der Waals surface area contributed by atoms with Gasteiger partial charge in [0.25, 0.3) is 5.91 Å². The predicted molar refractivity (Wildman–Crippen MR) is 90.9 cm³/mol. The number of amides is 2. The van der Waals surface area contributed by atoms with Crippen molar-refractivity contribution in [2.45, 2.75) is 32.1 Å². The summed E-state index contributed by atoms with van der Waals surface area (Å²) in [7, 11) is 0. The summed E-state index contributed by atoms with van der Waals surface area (Å²) in [6.07, 6.45) is 3.36. The van der Waals surface area contributed by atoms with Crippen LogP contribution in [0.15, 0.2) is 29.6 Å². The van der Waals surface area contributed by atoms with Gasteiger partial charge < -0.3 is 10.6 Å². The van der Waals surface area contributed by atoms with Gasteiger partial charge in [0.2, 0.25) is 5.91 Å². The third kappa shape index (κ3) is 3.76. The molecule has 2 amide bonds. The van der Waals surface area contributed by atoms with Gasteiger partial charge in [-0.05, 0) is 30.4 Å². The summed E-state index contributed by atoms with van der Waals surface area (Å²) >= 11 is 1.25. The van der Waals surface area contributed by atoms with Crippen LogP contribution in [0.4, 0.5) is 5.13 Å². The molecular weight excluding hydrogens is 310 g/mol. The van der Waals surface area contributed by atoms with E-state index in [-0.39, 0.29) is 11.8 Å². The zero-order chi connectivity index (χ0) is 16.2. The fourth-order valence-electron chi connectivity index (χ4n) is 2.96. The van der Waals surface area contributed by atoms with Gasteiger partial charge in [0.1, 0.15) is 5.69 Å². The molecule has 1 aromatic heterocycles. The minimum absolute atomic E-state index is 0.190. The van der Waals surface area contributed by atoms with Crippen molar-refractivity contribution in [3.63, 3.8) is 0 Å². The number of benzene rings is 1. The van der Waals surface area contributed by atoms with Gasteiger partial charge in [-0.1, -0.05) is 24.3 Å². The lowest BCUT2D eigenvalue weighted by atomic mass is 9.83. The van der Waals surface area contributed by atoms with E-state index in [1.807, 2.05) is 0 Å². The first-order valence-electron chi connectivity index (χ1n) is 7.72. The molecule has 23 heavy (non-hydrogen) atoms. The highest BCUT2D eigenvalue weighted by Gasteiger charge is 2.21. The number of anilines is 1. The Bertz CT molecular complexity index is 726. The molecule has 0 aliphatic heterocycles. The standard InChI is InChI=1S/C17H19N3O2S/c1-11(21)19-17-20-15(10-23-17)16(22)18-9-13-7-4-6-12-5-2-3-8-14(12)13/h2-3,5,8,10,13H,4,6-7,9H2,1H3,(H,18,22)(H,19,20,21). The number of aryl methyl sites for hydroxylation is 1. The molecule has 0 saturated heterocycles. The van der Waals surface area contributed by atoms with Gasteiger partial charge in [-0.3, -0.25) is 9.59 Å². The van der Waals surface area contributed by atoms with Crippen molar-refractivity contribution in [3.05, 3.63) is 46.5 Å². The molecule has 1 aliphatic carbocycles. The average molecular weight is 329 g/mol. The molecule has 5 nitrogen and oxygen atoms in total. The van der Waals surface area contributed by atoms with Crippen molar-refractivity contribution < 1.29 is 9.59 Å². The van der Waals surface area contributed by atoms with Crippen LogP contribution in [-0.2, 0) is 11.2 Å². The summed E-state index contributed by atoms with van der Waals surface area (Å²) in [6.45, 7) is 2.03. The van der Waals surface area contributed by atoms with Gasteiger partial charge in [-0.2, -0.15) is 0 Å². The molecule has 1 aromatic carbocycles. The van der Waals surface area contributed by atoms with E-state index in [0.717, 1.165) is 19.3 Å². The molecule has 2 N–H and O–H groups in total. The molecule has 1 unspecified atom stereocenters. The molecule has 3 rings (SSSR count). The number of carbonyl (C=O) groups excluding carboxylic acids is 2. The Morgan fingerprint density at radius 1 is 1.35 bits per heavy atom. The highest BCUT2D eigenvalue weighted by molar-refractivity contribution is 7.14. The second-order valence-corrected chi connectivity index (χ2v) is 6.58. The zero-order valence-electron chi connectivity index (χ0n) is 13.0. The Hall–Kier alpha value is -2.21. The normalized spacial score (nSPS) is 16.5. The van der Waals surface area contributed by atoms with Crippen molar-refractivity contribution >= 4 is 28.3 Å². The number of carbonyl (C=O) groups is 2. The Morgan fingerprint density at radius 3 is 3.00 bits per heavy atom. The first-order chi connectivity index (χ1) is 11.1. The van der Waals surface area contributed by atoms with Gasteiger partial charge in [-0.25, -0.2) is 4.98 Å². The lowest BCUT2D eigenvalue weighted by Gasteiger charge is -2.25. The minimum atomic E-state index is -0.194. The number of nitrogens with zero attached hydrogens (tertiary/aromatic N) is 1. The number of fused-ring (bicyclic) bond motifs is 1. The highest BCUT2D eigenvalue weighted by atomic mass is 32.1. The van der Waals surface area contributed by atoms with E-state index < -0.39 is 0 Å². The van der Waals surface area contributed by atoms with Gasteiger partial charge in [0.15, 0.2) is 5.13 Å². The fourth-order valence-corrected chi connectivity index (χ4v) is 3.70. The van der Waals surface area contributed by atoms with Crippen LogP contribution in [0.2, 0.25) is 0 Å². The maximum absolute atomic E-state index is 12.2. The second-order valence-electron chi connectivity index (χ2n) is 5.72. The number of thiazole rings is 1. The Balaban J connectivity index is 1.61. The number of hydrogen-bond donors (Lipinski definition) is 2. The number of rotatable bonds is 4. The van der Waals surface area contributed by atoms with E-state index in [1.54, 1.807) is 5.38 Å². The second kappa shape index (κ2) is 6.91. The molecule has 1 atom stereocenters. The summed E-state index contributed by atoms with van der Waals surface area (Å²) < 4.78 is 0. The van der Waals surface area contributed by atoms with Crippen molar-refractivity contribution in [1.29, 1.82) is 0 Å². The van der Waals surface area contributed by atoms with Crippen LogP contribution >= 0.6 is 11.3 Å². The number of nitrogens with one attached hydrogen (secondary N) is 2. The fraction of sp³-hybridized carbons (Fsp3) is 0.353. The summed E-state index contributed by atoms with van der Waals surface area (Å²) in [5.74, 6) is -0.0246. The third-order valence-corrected chi connectivity index (χ3v) is 4.78. The summed E-state index contributed by atoms with van der Waals surface area (Å²) in [5.41, 5.74) is 3.08. The lowest BCUT2D eigenvalue weighted by molar-refractivity contribution is -0.114. The Morgan fingerprint density at radius 2 is 2.17 bits per heavy atom. The monoisotopic (exact) mass is 329 g/mol. The maximum atomic E-state index is 12.2. The molecule has 1 heterocycles. The smallest absolute Gasteiger partial charge is 0.270 e. The maximum Gasteiger partial charge on any atom is 0.270 e. The van der Waals surface area contributed by atoms with E-state index in [1.165, 1.54) is 29.4 Å². The molecular formula is C17H19N3O2S. The van der Waals surface area contributed by atoms with Gasteiger partial charge in [0, 0.05) is 24.8 Å². The highest BCUT2D eigenvalue weighted by Crippen LogP contribution is 2.30. The van der Waals surface area contributed by atoms with Crippen LogP contribution in [0, 0.1) is 0 Å². The van der Waals surface area contributed by atoms with Crippen molar-refractivity contribution in [2.24, 2.45) is 0 Å². The minimum Gasteiger partial charge on any atom is -0.350 e. The van der Waals surface area contributed by atoms with Crippen LogP contribution in [-0.4, -0.2) is 23.3 Å². The predicted octanol–water partition coefficient (Wildman–Crippen LogP) is 2.95. The topological polar surface area (TPSA) is 71.1 Å². The Labute approximate surface area is 139 Å². The molecule has 120 valence electrons. The largest absolute Gasteiger partial charge is 0.350 e. The van der Waals surface area contributed by atoms with E-state index in [2.05, 4.69) is 39.9 Å². The van der Waals surface area contributed by atoms with E-state index >= 15 is 0 Å².